The van der Waals surface area contributed by atoms with Crippen molar-refractivity contribution < 1.29 is 14.6 Å². The number of methoxy groups -OCH3 is 1. The highest BCUT2D eigenvalue weighted by molar-refractivity contribution is 8.15. The van der Waals surface area contributed by atoms with Gasteiger partial charge in [0.25, 0.3) is 0 Å². The van der Waals surface area contributed by atoms with Gasteiger partial charge in [0.1, 0.15) is 11.5 Å². The highest BCUT2D eigenvalue weighted by atomic mass is 32.2. The van der Waals surface area contributed by atoms with Crippen LogP contribution in [0.4, 0.5) is 0 Å². The SMILES string of the molecule is CCC1SC(=NN=Cc2cc(OC)ccc2O)NC1=O. The predicted octanol–water partition coefficient (Wildman–Crippen LogP) is 1.73. The fourth-order valence-electron chi connectivity index (χ4n) is 1.63. The zero-order chi connectivity index (χ0) is 14.5. The van der Waals surface area contributed by atoms with Crippen molar-refractivity contribution in [1.29, 1.82) is 0 Å². The molecule has 2 N–H and O–H groups in total. The van der Waals surface area contributed by atoms with Gasteiger partial charge in [-0.25, -0.2) is 0 Å². The molecule has 1 heterocycles. The zero-order valence-electron chi connectivity index (χ0n) is 11.2. The molecule has 106 valence electrons. The quantitative estimate of drug-likeness (QED) is 0.654. The molecule has 6 nitrogen and oxygen atoms in total. The molecule has 0 aromatic heterocycles. The summed E-state index contributed by atoms with van der Waals surface area (Å²) >= 11 is 1.35. The average molecular weight is 293 g/mol. The maximum Gasteiger partial charge on any atom is 0.239 e. The molecule has 20 heavy (non-hydrogen) atoms. The average Bonchev–Trinajstić information content (AvgIpc) is 2.81. The van der Waals surface area contributed by atoms with E-state index in [1.54, 1.807) is 19.2 Å². The Morgan fingerprint density at radius 2 is 2.35 bits per heavy atom. The first kappa shape index (κ1) is 14.4. The molecule has 0 radical (unpaired) electrons. The van der Waals surface area contributed by atoms with E-state index in [2.05, 4.69) is 15.5 Å². The van der Waals surface area contributed by atoms with Gasteiger partial charge in [0.2, 0.25) is 5.91 Å². The van der Waals surface area contributed by atoms with Gasteiger partial charge >= 0.3 is 0 Å². The lowest BCUT2D eigenvalue weighted by Gasteiger charge is -2.02. The van der Waals surface area contributed by atoms with Gasteiger partial charge in [-0.3, -0.25) is 4.79 Å². The minimum atomic E-state index is -0.103. The number of nitrogens with zero attached hydrogens (tertiary/aromatic N) is 2. The van der Waals surface area contributed by atoms with E-state index >= 15 is 0 Å². The molecule has 0 spiro atoms. The molecule has 1 aliphatic rings. The molecule has 1 fully saturated rings. The van der Waals surface area contributed by atoms with Crippen molar-refractivity contribution in [1.82, 2.24) is 5.32 Å². The molecule has 0 bridgehead atoms. The molecule has 1 saturated heterocycles. The fraction of sp³-hybridized carbons (Fsp3) is 0.308. The van der Waals surface area contributed by atoms with Gasteiger partial charge in [-0.2, -0.15) is 5.10 Å². The molecule has 0 aliphatic carbocycles. The second kappa shape index (κ2) is 6.42. The van der Waals surface area contributed by atoms with Gasteiger partial charge in [-0.15, -0.1) is 5.10 Å². The lowest BCUT2D eigenvalue weighted by atomic mass is 10.2. The first-order chi connectivity index (χ1) is 9.63. The van der Waals surface area contributed by atoms with Crippen molar-refractivity contribution in [2.45, 2.75) is 18.6 Å². The Balaban J connectivity index is 2.09. The van der Waals surface area contributed by atoms with E-state index in [0.29, 0.717) is 16.5 Å². The predicted molar refractivity (Wildman–Crippen MR) is 79.5 cm³/mol. The summed E-state index contributed by atoms with van der Waals surface area (Å²) in [6.07, 6.45) is 2.16. The van der Waals surface area contributed by atoms with Crippen LogP contribution in [0.3, 0.4) is 0 Å². The summed E-state index contributed by atoms with van der Waals surface area (Å²) in [5.41, 5.74) is 0.495. The summed E-state index contributed by atoms with van der Waals surface area (Å²) in [6, 6.07) is 4.82. The van der Waals surface area contributed by atoms with E-state index in [4.69, 9.17) is 4.74 Å². The molecule has 1 aromatic carbocycles. The van der Waals surface area contributed by atoms with Crippen LogP contribution in [-0.4, -0.2) is 34.8 Å². The number of hydrogen-bond donors (Lipinski definition) is 2. The van der Waals surface area contributed by atoms with Crippen LogP contribution >= 0.6 is 11.8 Å². The molecule has 2 rings (SSSR count). The minimum Gasteiger partial charge on any atom is -0.507 e. The van der Waals surface area contributed by atoms with Gasteiger partial charge in [0.05, 0.1) is 18.6 Å². The topological polar surface area (TPSA) is 83.3 Å². The lowest BCUT2D eigenvalue weighted by Crippen LogP contribution is -2.24. The number of nitrogens with one attached hydrogen (secondary N) is 1. The Hall–Kier alpha value is -2.02. The number of benzene rings is 1. The van der Waals surface area contributed by atoms with E-state index < -0.39 is 0 Å². The Morgan fingerprint density at radius 3 is 3.00 bits per heavy atom. The van der Waals surface area contributed by atoms with Crippen molar-refractivity contribution in [3.8, 4) is 11.5 Å². The summed E-state index contributed by atoms with van der Waals surface area (Å²) in [6.45, 7) is 1.94. The van der Waals surface area contributed by atoms with Crippen LogP contribution in [0.25, 0.3) is 0 Å². The van der Waals surface area contributed by atoms with Crippen molar-refractivity contribution >= 4 is 29.1 Å². The van der Waals surface area contributed by atoms with Crippen LogP contribution < -0.4 is 10.1 Å². The molecule has 1 atom stereocenters. The van der Waals surface area contributed by atoms with Crippen LogP contribution in [-0.2, 0) is 4.79 Å². The van der Waals surface area contributed by atoms with Crippen LogP contribution in [0.1, 0.15) is 18.9 Å². The Labute approximate surface area is 120 Å². The van der Waals surface area contributed by atoms with Crippen LogP contribution in [0, 0.1) is 0 Å². The maximum absolute atomic E-state index is 11.5. The lowest BCUT2D eigenvalue weighted by molar-refractivity contribution is -0.118. The van der Waals surface area contributed by atoms with E-state index in [1.165, 1.54) is 24.0 Å². The summed E-state index contributed by atoms with van der Waals surface area (Å²) < 4.78 is 5.06. The molecule has 1 unspecified atom stereocenters. The number of rotatable bonds is 4. The normalized spacial score (nSPS) is 20.6. The van der Waals surface area contributed by atoms with E-state index in [1.807, 2.05) is 6.92 Å². The summed E-state index contributed by atoms with van der Waals surface area (Å²) in [5.74, 6) is 0.659. The Bertz CT molecular complexity index is 572. The number of amidine groups is 1. The number of carbonyl (C=O) groups excluding carboxylic acids is 1. The fourth-order valence-corrected chi connectivity index (χ4v) is 2.48. The zero-order valence-corrected chi connectivity index (χ0v) is 12.0. The number of ether oxygens (including phenoxy) is 1. The number of carbonyl (C=O) groups is 1. The maximum atomic E-state index is 11.5. The van der Waals surface area contributed by atoms with Crippen molar-refractivity contribution in [2.75, 3.05) is 7.11 Å². The monoisotopic (exact) mass is 293 g/mol. The molecule has 1 aromatic rings. The first-order valence-corrected chi connectivity index (χ1v) is 6.97. The van der Waals surface area contributed by atoms with Crippen LogP contribution in [0.5, 0.6) is 11.5 Å². The Kier molecular flexibility index (Phi) is 4.62. The molecular formula is C13H15N3O3S. The van der Waals surface area contributed by atoms with Crippen LogP contribution in [0.2, 0.25) is 0 Å². The smallest absolute Gasteiger partial charge is 0.239 e. The Morgan fingerprint density at radius 1 is 1.55 bits per heavy atom. The van der Waals surface area contributed by atoms with Gasteiger partial charge in [0, 0.05) is 5.56 Å². The molecular weight excluding hydrogens is 278 g/mol. The van der Waals surface area contributed by atoms with Crippen LogP contribution in [0.15, 0.2) is 28.4 Å². The third-order valence-corrected chi connectivity index (χ3v) is 3.97. The second-order valence-electron chi connectivity index (χ2n) is 4.08. The number of aromatic hydroxyl groups is 1. The first-order valence-electron chi connectivity index (χ1n) is 6.09. The number of phenolic OH excluding ortho intramolecular Hbond substituents is 1. The third-order valence-electron chi connectivity index (χ3n) is 2.73. The van der Waals surface area contributed by atoms with Crippen molar-refractivity contribution in [3.05, 3.63) is 23.8 Å². The van der Waals surface area contributed by atoms with E-state index in [-0.39, 0.29) is 16.9 Å². The minimum absolute atomic E-state index is 0.0457. The van der Waals surface area contributed by atoms with Gasteiger partial charge in [0.15, 0.2) is 5.17 Å². The third kappa shape index (κ3) is 3.30. The highest BCUT2D eigenvalue weighted by Crippen LogP contribution is 2.23. The van der Waals surface area contributed by atoms with Crippen molar-refractivity contribution in [2.24, 2.45) is 10.2 Å². The summed E-state index contributed by atoms with van der Waals surface area (Å²) in [7, 11) is 1.54. The van der Waals surface area contributed by atoms with Gasteiger partial charge in [-0.05, 0) is 24.6 Å². The summed E-state index contributed by atoms with van der Waals surface area (Å²) in [4.78, 5) is 11.5. The van der Waals surface area contributed by atoms with E-state index in [0.717, 1.165) is 6.42 Å². The second-order valence-corrected chi connectivity index (χ2v) is 5.27. The van der Waals surface area contributed by atoms with E-state index in [9.17, 15) is 9.90 Å². The molecule has 7 heteroatoms. The number of amides is 1. The largest absolute Gasteiger partial charge is 0.507 e. The van der Waals surface area contributed by atoms with Crippen molar-refractivity contribution in [3.63, 3.8) is 0 Å². The highest BCUT2D eigenvalue weighted by Gasteiger charge is 2.28. The number of phenols is 1. The van der Waals surface area contributed by atoms with Gasteiger partial charge in [-0.1, -0.05) is 18.7 Å². The standard InChI is InChI=1S/C13H15N3O3S/c1-3-11-12(18)15-13(20-11)16-14-7-8-6-9(19-2)4-5-10(8)17/h4-7,11,17H,3H2,1-2H3,(H,15,16,18). The number of thioether (sulfide) groups is 1. The number of hydrogen-bond acceptors (Lipinski definition) is 6. The molecule has 0 saturated carbocycles. The van der Waals surface area contributed by atoms with Gasteiger partial charge < -0.3 is 15.2 Å². The molecule has 1 amide bonds. The summed E-state index contributed by atoms with van der Waals surface area (Å²) in [5, 5.41) is 20.5. The molecule has 1 aliphatic heterocycles.